The minimum Gasteiger partial charge on any atom is -0.267 e. The molecule has 0 radical (unpaired) electrons. The van der Waals surface area contributed by atoms with Gasteiger partial charge < -0.3 is 0 Å². The summed E-state index contributed by atoms with van der Waals surface area (Å²) in [4.78, 5) is 31.7. The van der Waals surface area contributed by atoms with Crippen LogP contribution in [0.15, 0.2) is 21.1 Å². The molecule has 3 aliphatic heterocycles. The van der Waals surface area contributed by atoms with Gasteiger partial charge in [-0.15, -0.1) is 11.8 Å². The molecule has 19 heavy (non-hydrogen) atoms. The van der Waals surface area contributed by atoms with E-state index in [1.54, 1.807) is 18.8 Å². The molecule has 0 saturated carbocycles. The highest BCUT2D eigenvalue weighted by Gasteiger charge is 2.23. The number of aromatic nitrogens is 5. The molecular weight excluding hydrogens is 266 g/mol. The van der Waals surface area contributed by atoms with Gasteiger partial charge in [-0.2, -0.15) is 10.1 Å². The first-order valence-corrected chi connectivity index (χ1v) is 6.64. The summed E-state index contributed by atoms with van der Waals surface area (Å²) >= 11 is 1.62. The maximum Gasteiger partial charge on any atom is 0.352 e. The van der Waals surface area contributed by atoms with Gasteiger partial charge in [0.15, 0.2) is 17.3 Å². The summed E-state index contributed by atoms with van der Waals surface area (Å²) in [5, 5.41) is 6.40. The zero-order chi connectivity index (χ0) is 13.6. The van der Waals surface area contributed by atoms with Crippen molar-refractivity contribution in [2.75, 3.05) is 0 Å². The summed E-state index contributed by atoms with van der Waals surface area (Å²) < 4.78 is 2.40. The first-order valence-electron chi connectivity index (χ1n) is 5.70. The number of aryl methyl sites for hydroxylation is 1. The first-order chi connectivity index (χ1) is 9.08. The van der Waals surface area contributed by atoms with Crippen LogP contribution in [0.25, 0.3) is 11.5 Å². The molecule has 3 heterocycles. The molecule has 0 amide bonds. The highest BCUT2D eigenvalue weighted by atomic mass is 32.2. The van der Waals surface area contributed by atoms with Crippen molar-refractivity contribution in [1.82, 2.24) is 24.3 Å². The predicted molar refractivity (Wildman–Crippen MR) is 71.0 cm³/mol. The van der Waals surface area contributed by atoms with Gasteiger partial charge in [0, 0.05) is 14.1 Å². The van der Waals surface area contributed by atoms with Gasteiger partial charge in [0.05, 0.1) is 5.25 Å². The molecule has 0 aliphatic carbocycles. The fourth-order valence-corrected chi connectivity index (χ4v) is 2.76. The lowest BCUT2D eigenvalue weighted by Gasteiger charge is -2.13. The van der Waals surface area contributed by atoms with Gasteiger partial charge in [0.1, 0.15) is 0 Å². The van der Waals surface area contributed by atoms with Crippen molar-refractivity contribution < 1.29 is 0 Å². The topological polar surface area (TPSA) is 82.7 Å². The monoisotopic (exact) mass is 277 g/mol. The highest BCUT2D eigenvalue weighted by Crippen LogP contribution is 2.36. The number of hydrogen-bond donors (Lipinski definition) is 0. The van der Waals surface area contributed by atoms with Gasteiger partial charge >= 0.3 is 5.69 Å². The summed E-state index contributed by atoms with van der Waals surface area (Å²) in [5.41, 5.74) is -0.853. The lowest BCUT2D eigenvalue weighted by molar-refractivity contribution is 0.640. The Labute approximate surface area is 112 Å². The van der Waals surface area contributed by atoms with Crippen molar-refractivity contribution in [1.29, 1.82) is 0 Å². The third kappa shape index (κ3) is 1.88. The van der Waals surface area contributed by atoms with Gasteiger partial charge in [-0.3, -0.25) is 9.36 Å². The van der Waals surface area contributed by atoms with Crippen molar-refractivity contribution in [3.05, 3.63) is 38.1 Å². The number of hydrogen-bond acceptors (Lipinski definition) is 6. The Balaban J connectivity index is 2.28. The number of thioether (sulfide) groups is 1. The van der Waals surface area contributed by atoms with Crippen LogP contribution in [0.3, 0.4) is 0 Å². The zero-order valence-corrected chi connectivity index (χ0v) is 11.2. The summed E-state index contributed by atoms with van der Waals surface area (Å²) in [7, 11) is 3.05. The smallest absolute Gasteiger partial charge is 0.267 e. The SMILES string of the molecule is Cn1nc(C2CC=CS2)nc2c(=O)n(C)c(=O)nc1-2. The Morgan fingerprint density at radius 1 is 1.32 bits per heavy atom. The summed E-state index contributed by atoms with van der Waals surface area (Å²) in [6.07, 6.45) is 2.88. The molecule has 0 bridgehead atoms. The average molecular weight is 277 g/mol. The van der Waals surface area contributed by atoms with Crippen molar-refractivity contribution in [3.63, 3.8) is 0 Å². The van der Waals surface area contributed by atoms with Crippen LogP contribution >= 0.6 is 11.8 Å². The van der Waals surface area contributed by atoms with Crippen LogP contribution in [0.1, 0.15) is 17.5 Å². The Bertz CT molecular complexity index is 755. The molecule has 0 spiro atoms. The molecule has 98 valence electrons. The van der Waals surface area contributed by atoms with Crippen LogP contribution in [0, 0.1) is 0 Å². The fraction of sp³-hybridized carbons (Fsp3) is 0.364. The van der Waals surface area contributed by atoms with Crippen LogP contribution in [0.5, 0.6) is 0 Å². The van der Waals surface area contributed by atoms with E-state index in [1.807, 2.05) is 11.5 Å². The Kier molecular flexibility index (Phi) is 2.74. The van der Waals surface area contributed by atoms with Gasteiger partial charge in [-0.1, -0.05) is 6.08 Å². The van der Waals surface area contributed by atoms with E-state index in [-0.39, 0.29) is 16.8 Å². The maximum atomic E-state index is 12.1. The van der Waals surface area contributed by atoms with E-state index < -0.39 is 11.2 Å². The van der Waals surface area contributed by atoms with Crippen molar-refractivity contribution in [2.45, 2.75) is 11.7 Å². The highest BCUT2D eigenvalue weighted by molar-refractivity contribution is 8.02. The minimum absolute atomic E-state index is 0.118. The van der Waals surface area contributed by atoms with Crippen molar-refractivity contribution >= 4 is 11.8 Å². The van der Waals surface area contributed by atoms with Crippen molar-refractivity contribution in [3.8, 4) is 11.5 Å². The second-order valence-corrected chi connectivity index (χ2v) is 5.37. The molecule has 8 heteroatoms. The lowest BCUT2D eigenvalue weighted by atomic mass is 10.3. The van der Waals surface area contributed by atoms with Gasteiger partial charge in [-0.05, 0) is 11.8 Å². The summed E-state index contributed by atoms with van der Waals surface area (Å²) in [6.45, 7) is 0. The standard InChI is InChI=1S/C11H11N5O2S/c1-15-10(17)7-9(13-11(15)18)16(2)14-8(12-7)6-4-3-5-19-6/h3,5-6H,4H2,1-2H3. The van der Waals surface area contributed by atoms with Crippen LogP contribution in [-0.4, -0.2) is 24.3 Å². The normalized spacial score (nSPS) is 18.3. The quantitative estimate of drug-likeness (QED) is 0.733. The Morgan fingerprint density at radius 2 is 2.11 bits per heavy atom. The zero-order valence-electron chi connectivity index (χ0n) is 10.4. The second-order valence-electron chi connectivity index (χ2n) is 4.26. The summed E-state index contributed by atoms with van der Waals surface area (Å²) in [5.74, 6) is 0.801. The van der Waals surface area contributed by atoms with Crippen molar-refractivity contribution in [2.24, 2.45) is 14.1 Å². The van der Waals surface area contributed by atoms with E-state index in [2.05, 4.69) is 15.1 Å². The Morgan fingerprint density at radius 3 is 2.79 bits per heavy atom. The van der Waals surface area contributed by atoms with E-state index in [9.17, 15) is 9.59 Å². The molecule has 0 fully saturated rings. The van der Waals surface area contributed by atoms with Gasteiger partial charge in [0.25, 0.3) is 5.56 Å². The molecule has 1 unspecified atom stereocenters. The van der Waals surface area contributed by atoms with E-state index in [0.717, 1.165) is 11.0 Å². The average Bonchev–Trinajstić information content (AvgIpc) is 2.91. The van der Waals surface area contributed by atoms with Gasteiger partial charge in [0.2, 0.25) is 0 Å². The molecule has 0 N–H and O–H groups in total. The summed E-state index contributed by atoms with van der Waals surface area (Å²) in [6, 6.07) is 0. The second kappa shape index (κ2) is 4.30. The molecular formula is C11H11N5O2S. The van der Waals surface area contributed by atoms with E-state index in [4.69, 9.17) is 0 Å². The van der Waals surface area contributed by atoms with Crippen LogP contribution in [0.2, 0.25) is 0 Å². The van der Waals surface area contributed by atoms with E-state index >= 15 is 0 Å². The van der Waals surface area contributed by atoms with Crippen LogP contribution < -0.4 is 11.2 Å². The fourth-order valence-electron chi connectivity index (χ4n) is 1.91. The molecule has 3 rings (SSSR count). The number of fused-ring (bicyclic) bond motifs is 1. The maximum absolute atomic E-state index is 12.1. The lowest BCUT2D eigenvalue weighted by Crippen LogP contribution is -2.37. The Hall–Kier alpha value is -1.96. The molecule has 1 atom stereocenters. The predicted octanol–water partition coefficient (Wildman–Crippen LogP) is 0.0655. The molecule has 0 aromatic rings. The largest absolute Gasteiger partial charge is 0.352 e. The number of nitrogens with zero attached hydrogens (tertiary/aromatic N) is 5. The third-order valence-electron chi connectivity index (χ3n) is 2.97. The molecule has 0 aromatic carbocycles. The number of rotatable bonds is 1. The molecule has 0 saturated heterocycles. The van der Waals surface area contributed by atoms with E-state index in [1.165, 1.54) is 11.7 Å². The minimum atomic E-state index is -0.596. The van der Waals surface area contributed by atoms with Gasteiger partial charge in [-0.25, -0.2) is 14.5 Å². The van der Waals surface area contributed by atoms with Crippen LogP contribution in [-0.2, 0) is 14.1 Å². The molecule has 0 aromatic heterocycles. The molecule has 7 nitrogen and oxygen atoms in total. The third-order valence-corrected chi connectivity index (χ3v) is 4.05. The first kappa shape index (κ1) is 12.1. The number of allylic oxidation sites excluding steroid dienone is 1. The van der Waals surface area contributed by atoms with Crippen LogP contribution in [0.4, 0.5) is 0 Å². The van der Waals surface area contributed by atoms with E-state index in [0.29, 0.717) is 5.82 Å². The molecule has 3 aliphatic rings.